The van der Waals surface area contributed by atoms with Crippen LogP contribution in [0.2, 0.25) is 0 Å². The van der Waals surface area contributed by atoms with E-state index >= 15 is 0 Å². The van der Waals surface area contributed by atoms with Crippen LogP contribution in [0.5, 0.6) is 5.75 Å². The van der Waals surface area contributed by atoms with Gasteiger partial charge in [0.15, 0.2) is 0 Å². The van der Waals surface area contributed by atoms with E-state index in [1.807, 2.05) is 12.1 Å². The molecule has 1 N–H and O–H groups in total. The van der Waals surface area contributed by atoms with Crippen molar-refractivity contribution in [2.45, 2.75) is 38.6 Å². The first-order chi connectivity index (χ1) is 9.06. The molecular formula is C15H21Br2NO. The highest BCUT2D eigenvalue weighted by Gasteiger charge is 2.16. The Morgan fingerprint density at radius 2 is 1.74 bits per heavy atom. The molecule has 0 radical (unpaired) electrons. The van der Waals surface area contributed by atoms with E-state index in [4.69, 9.17) is 0 Å². The number of hydrogen-bond donors (Lipinski definition) is 1. The Morgan fingerprint density at radius 1 is 1.16 bits per heavy atom. The zero-order valence-electron chi connectivity index (χ0n) is 11.3. The molecule has 1 aromatic carbocycles. The van der Waals surface area contributed by atoms with Gasteiger partial charge in [0.1, 0.15) is 5.75 Å². The van der Waals surface area contributed by atoms with Gasteiger partial charge in [-0.2, -0.15) is 0 Å². The van der Waals surface area contributed by atoms with E-state index in [9.17, 15) is 5.11 Å². The second kappa shape index (κ2) is 7.09. The summed E-state index contributed by atoms with van der Waals surface area (Å²) in [7, 11) is 2.18. The Bertz CT molecular complexity index is 407. The molecule has 0 amide bonds. The lowest BCUT2D eigenvalue weighted by molar-refractivity contribution is 0.228. The summed E-state index contributed by atoms with van der Waals surface area (Å²) < 4.78 is 1.51. The van der Waals surface area contributed by atoms with Crippen LogP contribution >= 0.6 is 31.9 Å². The van der Waals surface area contributed by atoms with Gasteiger partial charge in [-0.05, 0) is 75.4 Å². The number of aromatic hydroxyl groups is 1. The predicted octanol–water partition coefficient (Wildman–Crippen LogP) is 4.93. The Hall–Kier alpha value is -0.0600. The van der Waals surface area contributed by atoms with E-state index in [2.05, 4.69) is 43.8 Å². The molecular weight excluding hydrogens is 370 g/mol. The van der Waals surface area contributed by atoms with Crippen LogP contribution in [0.1, 0.15) is 37.7 Å². The smallest absolute Gasteiger partial charge is 0.143 e. The first kappa shape index (κ1) is 15.3. The van der Waals surface area contributed by atoms with E-state index in [1.54, 1.807) is 0 Å². The summed E-state index contributed by atoms with van der Waals surface area (Å²) in [5, 5.41) is 9.72. The molecule has 0 spiro atoms. The van der Waals surface area contributed by atoms with E-state index in [-0.39, 0.29) is 5.75 Å². The second-order valence-corrected chi connectivity index (χ2v) is 7.32. The quantitative estimate of drug-likeness (QED) is 0.787. The average molecular weight is 391 g/mol. The number of rotatable bonds is 4. The summed E-state index contributed by atoms with van der Waals surface area (Å²) in [6, 6.07) is 3.99. The van der Waals surface area contributed by atoms with Crippen molar-refractivity contribution in [1.82, 2.24) is 4.90 Å². The number of hydrogen-bond acceptors (Lipinski definition) is 2. The molecule has 0 aromatic heterocycles. The van der Waals surface area contributed by atoms with Gasteiger partial charge < -0.3 is 10.0 Å². The standard InChI is InChI=1S/C15H21Br2NO/c1-18(9-11-5-3-2-4-6-11)10-12-7-13(16)15(19)14(17)8-12/h7-8,11,19H,2-6,9-10H2,1H3. The lowest BCUT2D eigenvalue weighted by atomic mass is 9.89. The maximum Gasteiger partial charge on any atom is 0.143 e. The summed E-state index contributed by atoms with van der Waals surface area (Å²) in [6.07, 6.45) is 6.97. The van der Waals surface area contributed by atoms with Gasteiger partial charge in [0.25, 0.3) is 0 Å². The summed E-state index contributed by atoms with van der Waals surface area (Å²) in [5.41, 5.74) is 1.22. The summed E-state index contributed by atoms with van der Waals surface area (Å²) in [6.45, 7) is 2.10. The third kappa shape index (κ3) is 4.47. The SMILES string of the molecule is CN(Cc1cc(Br)c(O)c(Br)c1)CC1CCCCC1. The predicted molar refractivity (Wildman–Crippen MR) is 86.4 cm³/mol. The van der Waals surface area contributed by atoms with Crippen LogP contribution in [-0.4, -0.2) is 23.6 Å². The molecule has 0 unspecified atom stereocenters. The van der Waals surface area contributed by atoms with Gasteiger partial charge in [0, 0.05) is 13.1 Å². The first-order valence-corrected chi connectivity index (χ1v) is 8.50. The van der Waals surface area contributed by atoms with E-state index in [0.717, 1.165) is 21.4 Å². The summed E-state index contributed by atoms with van der Waals surface area (Å²) in [5.74, 6) is 1.14. The fraction of sp³-hybridized carbons (Fsp3) is 0.600. The molecule has 0 saturated heterocycles. The van der Waals surface area contributed by atoms with Crippen LogP contribution in [0.15, 0.2) is 21.1 Å². The van der Waals surface area contributed by atoms with Crippen molar-refractivity contribution in [3.05, 3.63) is 26.6 Å². The van der Waals surface area contributed by atoms with Crippen LogP contribution in [0.3, 0.4) is 0 Å². The maximum atomic E-state index is 9.72. The Kier molecular flexibility index (Phi) is 5.72. The fourth-order valence-electron chi connectivity index (χ4n) is 2.90. The fourth-order valence-corrected chi connectivity index (χ4v) is 4.18. The van der Waals surface area contributed by atoms with Gasteiger partial charge in [-0.15, -0.1) is 0 Å². The number of phenols is 1. The van der Waals surface area contributed by atoms with Gasteiger partial charge in [0.2, 0.25) is 0 Å². The molecule has 4 heteroatoms. The van der Waals surface area contributed by atoms with E-state index in [0.29, 0.717) is 0 Å². The molecule has 0 atom stereocenters. The Balaban J connectivity index is 1.92. The molecule has 1 aliphatic carbocycles. The maximum absolute atomic E-state index is 9.72. The van der Waals surface area contributed by atoms with Gasteiger partial charge in [-0.25, -0.2) is 0 Å². The van der Waals surface area contributed by atoms with Crippen LogP contribution < -0.4 is 0 Å². The minimum absolute atomic E-state index is 0.277. The van der Waals surface area contributed by atoms with Gasteiger partial charge >= 0.3 is 0 Å². The highest BCUT2D eigenvalue weighted by molar-refractivity contribution is 9.11. The van der Waals surface area contributed by atoms with E-state index in [1.165, 1.54) is 44.2 Å². The molecule has 19 heavy (non-hydrogen) atoms. The second-order valence-electron chi connectivity index (χ2n) is 5.61. The summed E-state index contributed by atoms with van der Waals surface area (Å²) in [4.78, 5) is 2.39. The van der Waals surface area contributed by atoms with Crippen LogP contribution in [-0.2, 0) is 6.54 Å². The van der Waals surface area contributed by atoms with Crippen molar-refractivity contribution in [2.24, 2.45) is 5.92 Å². The van der Waals surface area contributed by atoms with Crippen molar-refractivity contribution < 1.29 is 5.11 Å². The third-order valence-electron chi connectivity index (χ3n) is 3.82. The molecule has 0 bridgehead atoms. The van der Waals surface area contributed by atoms with Gasteiger partial charge in [-0.3, -0.25) is 0 Å². The molecule has 106 valence electrons. The van der Waals surface area contributed by atoms with Crippen molar-refractivity contribution >= 4 is 31.9 Å². The molecule has 1 aromatic rings. The zero-order valence-corrected chi connectivity index (χ0v) is 14.5. The largest absolute Gasteiger partial charge is 0.506 e. The minimum Gasteiger partial charge on any atom is -0.506 e. The third-order valence-corrected chi connectivity index (χ3v) is 5.03. The lowest BCUT2D eigenvalue weighted by Gasteiger charge is -2.27. The van der Waals surface area contributed by atoms with Crippen molar-refractivity contribution in [3.63, 3.8) is 0 Å². The van der Waals surface area contributed by atoms with Crippen LogP contribution in [0.4, 0.5) is 0 Å². The lowest BCUT2D eigenvalue weighted by Crippen LogP contribution is -2.26. The molecule has 2 nitrogen and oxygen atoms in total. The zero-order chi connectivity index (χ0) is 13.8. The number of halogens is 2. The van der Waals surface area contributed by atoms with Crippen molar-refractivity contribution in [2.75, 3.05) is 13.6 Å². The Morgan fingerprint density at radius 3 is 2.32 bits per heavy atom. The Labute approximate surface area is 132 Å². The molecule has 1 fully saturated rings. The monoisotopic (exact) mass is 389 g/mol. The van der Waals surface area contributed by atoms with Crippen molar-refractivity contribution in [1.29, 1.82) is 0 Å². The molecule has 0 aliphatic heterocycles. The normalized spacial score (nSPS) is 17.1. The summed E-state index contributed by atoms with van der Waals surface area (Å²) >= 11 is 6.77. The number of benzene rings is 1. The highest BCUT2D eigenvalue weighted by Crippen LogP contribution is 2.33. The number of nitrogens with zero attached hydrogens (tertiary/aromatic N) is 1. The molecule has 1 saturated carbocycles. The highest BCUT2D eigenvalue weighted by atomic mass is 79.9. The van der Waals surface area contributed by atoms with E-state index < -0.39 is 0 Å². The van der Waals surface area contributed by atoms with Gasteiger partial charge in [-0.1, -0.05) is 19.3 Å². The molecule has 1 aliphatic rings. The first-order valence-electron chi connectivity index (χ1n) is 6.91. The van der Waals surface area contributed by atoms with Crippen LogP contribution in [0.25, 0.3) is 0 Å². The van der Waals surface area contributed by atoms with Crippen molar-refractivity contribution in [3.8, 4) is 5.75 Å². The number of phenolic OH excluding ortho intramolecular Hbond substituents is 1. The van der Waals surface area contributed by atoms with Gasteiger partial charge in [0.05, 0.1) is 8.95 Å². The minimum atomic E-state index is 0.277. The average Bonchev–Trinajstić information content (AvgIpc) is 2.37. The molecule has 2 rings (SSSR count). The molecule has 0 heterocycles. The topological polar surface area (TPSA) is 23.5 Å². The van der Waals surface area contributed by atoms with Crippen LogP contribution in [0, 0.1) is 5.92 Å².